The number of aromatic nitrogens is 1. The van der Waals surface area contributed by atoms with Crippen LogP contribution in [0, 0.1) is 0 Å². The van der Waals surface area contributed by atoms with Gasteiger partial charge in [-0.3, -0.25) is 29.0 Å². The second kappa shape index (κ2) is 26.6. The highest BCUT2D eigenvalue weighted by Gasteiger charge is 2.20. The van der Waals surface area contributed by atoms with Crippen molar-refractivity contribution in [2.75, 3.05) is 84.6 Å². The lowest BCUT2D eigenvalue weighted by molar-refractivity contribution is -0.149. The zero-order chi connectivity index (χ0) is 40.5. The molecule has 56 heavy (non-hydrogen) atoms. The van der Waals surface area contributed by atoms with Gasteiger partial charge in [-0.2, -0.15) is 0 Å². The molecule has 0 atom stereocenters. The molecule has 13 nitrogen and oxygen atoms in total. The van der Waals surface area contributed by atoms with Gasteiger partial charge in [0.25, 0.3) is 0 Å². The molecular formula is C42H62ClN5O8. The fraction of sp³-hybridized carbons (Fsp3) is 0.595. The summed E-state index contributed by atoms with van der Waals surface area (Å²) in [5.41, 5.74) is 2.84. The predicted molar refractivity (Wildman–Crippen MR) is 221 cm³/mol. The number of hydrogen-bond acceptors (Lipinski definition) is 12. The summed E-state index contributed by atoms with van der Waals surface area (Å²) in [6, 6.07) is 11.8. The van der Waals surface area contributed by atoms with Gasteiger partial charge in [0.1, 0.15) is 5.75 Å². The number of rotatable bonds is 29. The van der Waals surface area contributed by atoms with Gasteiger partial charge in [0.15, 0.2) is 0 Å². The number of fused-ring (bicyclic) bond motifs is 2. The van der Waals surface area contributed by atoms with E-state index in [1.54, 1.807) is 37.7 Å². The SMILES string of the molecule is CCOC(=O)CN(CCN(CC(=O)OCC)CC(=O)OCC)CC(=O)NCCCCCCCCCCCCNc1c2ccc(Cl)cc2nc2ccc(OC)cc12. The maximum atomic E-state index is 12.8. The lowest BCUT2D eigenvalue weighted by Crippen LogP contribution is -2.46. The molecule has 0 aliphatic carbocycles. The van der Waals surface area contributed by atoms with E-state index in [9.17, 15) is 19.2 Å². The Hall–Kier alpha value is -4.20. The van der Waals surface area contributed by atoms with Crippen molar-refractivity contribution in [1.29, 1.82) is 0 Å². The molecule has 0 radical (unpaired) electrons. The number of unbranched alkanes of at least 4 members (excludes halogenated alkanes) is 9. The normalized spacial score (nSPS) is 11.3. The maximum Gasteiger partial charge on any atom is 0.320 e. The molecule has 0 aliphatic heterocycles. The summed E-state index contributed by atoms with van der Waals surface area (Å²) in [4.78, 5) is 57.4. The van der Waals surface area contributed by atoms with E-state index in [-0.39, 0.29) is 65.0 Å². The molecule has 0 bridgehead atoms. The second-order valence-corrected chi connectivity index (χ2v) is 14.1. The monoisotopic (exact) mass is 799 g/mol. The Balaban J connectivity index is 1.29. The Labute approximate surface area is 337 Å². The molecule has 3 rings (SSSR count). The summed E-state index contributed by atoms with van der Waals surface area (Å²) >= 11 is 6.27. The second-order valence-electron chi connectivity index (χ2n) is 13.7. The fourth-order valence-corrected chi connectivity index (χ4v) is 6.62. The molecule has 2 aromatic carbocycles. The Morgan fingerprint density at radius 1 is 0.625 bits per heavy atom. The average Bonchev–Trinajstić information content (AvgIpc) is 3.16. The number of amides is 1. The Morgan fingerprint density at radius 3 is 1.68 bits per heavy atom. The van der Waals surface area contributed by atoms with E-state index in [0.717, 1.165) is 65.5 Å². The summed E-state index contributed by atoms with van der Waals surface area (Å²) in [7, 11) is 1.67. The summed E-state index contributed by atoms with van der Waals surface area (Å²) in [6.45, 7) is 7.44. The van der Waals surface area contributed by atoms with Crippen molar-refractivity contribution in [3.8, 4) is 5.75 Å². The van der Waals surface area contributed by atoms with Gasteiger partial charge in [-0.25, -0.2) is 4.98 Å². The lowest BCUT2D eigenvalue weighted by atomic mass is 10.1. The van der Waals surface area contributed by atoms with Crippen LogP contribution in [0.1, 0.15) is 85.0 Å². The highest BCUT2D eigenvalue weighted by atomic mass is 35.5. The van der Waals surface area contributed by atoms with Crippen LogP contribution < -0.4 is 15.4 Å². The Bertz CT molecular complexity index is 1660. The predicted octanol–water partition coefficient (Wildman–Crippen LogP) is 6.77. The minimum Gasteiger partial charge on any atom is -0.497 e. The third-order valence-electron chi connectivity index (χ3n) is 9.24. The highest BCUT2D eigenvalue weighted by Crippen LogP contribution is 2.34. The van der Waals surface area contributed by atoms with E-state index < -0.39 is 17.9 Å². The molecule has 0 saturated carbocycles. The van der Waals surface area contributed by atoms with Gasteiger partial charge in [-0.05, 0) is 70.0 Å². The minimum absolute atomic E-state index is 0.0103. The van der Waals surface area contributed by atoms with Crippen LogP contribution in [0.3, 0.4) is 0 Å². The fourth-order valence-electron chi connectivity index (χ4n) is 6.46. The largest absolute Gasteiger partial charge is 0.497 e. The number of benzene rings is 2. The molecular weight excluding hydrogens is 738 g/mol. The van der Waals surface area contributed by atoms with Crippen LogP contribution in [-0.2, 0) is 33.4 Å². The highest BCUT2D eigenvalue weighted by molar-refractivity contribution is 6.31. The van der Waals surface area contributed by atoms with Crippen LogP contribution >= 0.6 is 11.6 Å². The van der Waals surface area contributed by atoms with E-state index in [4.69, 9.17) is 35.5 Å². The third-order valence-corrected chi connectivity index (χ3v) is 9.48. The molecule has 0 unspecified atom stereocenters. The van der Waals surface area contributed by atoms with Gasteiger partial charge in [-0.1, -0.05) is 63.0 Å². The van der Waals surface area contributed by atoms with Crippen LogP contribution in [0.25, 0.3) is 21.8 Å². The summed E-state index contributed by atoms with van der Waals surface area (Å²) in [5.74, 6) is -0.777. The molecule has 0 fully saturated rings. The molecule has 0 aliphatic rings. The summed E-state index contributed by atoms with van der Waals surface area (Å²) in [5, 5.41) is 9.39. The molecule has 0 saturated heterocycles. The van der Waals surface area contributed by atoms with Crippen LogP contribution in [0.5, 0.6) is 5.75 Å². The number of esters is 3. The van der Waals surface area contributed by atoms with E-state index in [1.165, 1.54) is 38.5 Å². The van der Waals surface area contributed by atoms with E-state index in [0.29, 0.717) is 11.6 Å². The lowest BCUT2D eigenvalue weighted by Gasteiger charge is -2.25. The maximum absolute atomic E-state index is 12.8. The quantitative estimate of drug-likeness (QED) is 0.0330. The number of anilines is 1. The van der Waals surface area contributed by atoms with Crippen molar-refractivity contribution in [3.63, 3.8) is 0 Å². The average molecular weight is 800 g/mol. The van der Waals surface area contributed by atoms with Crippen molar-refractivity contribution < 1.29 is 38.1 Å². The first kappa shape index (κ1) is 46.2. The van der Waals surface area contributed by atoms with Gasteiger partial charge in [0.2, 0.25) is 5.91 Å². The first-order valence-electron chi connectivity index (χ1n) is 20.2. The topological polar surface area (TPSA) is 149 Å². The minimum atomic E-state index is -0.467. The number of carbonyl (C=O) groups is 4. The van der Waals surface area contributed by atoms with Crippen molar-refractivity contribution in [3.05, 3.63) is 41.4 Å². The van der Waals surface area contributed by atoms with Gasteiger partial charge in [0, 0.05) is 42.0 Å². The molecule has 1 heterocycles. The molecule has 2 N–H and O–H groups in total. The van der Waals surface area contributed by atoms with Gasteiger partial charge >= 0.3 is 17.9 Å². The Kier molecular flexibility index (Phi) is 22.0. The standard InChI is InChI=1S/C42H62ClN5O8/c1-5-54-39(50)29-47(24-25-48(30-40(51)55-6-2)31-41(52)56-7-3)28-38(49)44-22-16-14-12-10-8-9-11-13-15-17-23-45-42-34-20-18-32(43)26-37(34)46-36-21-19-33(53-4)27-35(36)42/h18-21,26-27H,5-17,22-25,28-31H2,1-4H3,(H,44,49)(H,45,46). The van der Waals surface area contributed by atoms with Crippen LogP contribution in [0.15, 0.2) is 36.4 Å². The molecule has 14 heteroatoms. The van der Waals surface area contributed by atoms with Crippen molar-refractivity contribution in [2.24, 2.45) is 0 Å². The number of hydrogen-bond donors (Lipinski definition) is 2. The number of nitrogens with one attached hydrogen (secondary N) is 2. The van der Waals surface area contributed by atoms with Crippen molar-refractivity contribution in [1.82, 2.24) is 20.1 Å². The number of nitrogens with zero attached hydrogens (tertiary/aromatic N) is 3. The number of methoxy groups -OCH3 is 1. The summed E-state index contributed by atoms with van der Waals surface area (Å²) < 4.78 is 20.7. The van der Waals surface area contributed by atoms with Crippen molar-refractivity contribution >= 4 is 62.9 Å². The molecule has 1 aromatic heterocycles. The number of pyridine rings is 1. The van der Waals surface area contributed by atoms with E-state index in [2.05, 4.69) is 10.6 Å². The number of halogens is 1. The summed E-state index contributed by atoms with van der Waals surface area (Å²) in [6.07, 6.45) is 11.3. The third kappa shape index (κ3) is 17.3. The molecule has 3 aromatic rings. The smallest absolute Gasteiger partial charge is 0.320 e. The number of carbonyl (C=O) groups excluding carboxylic acids is 4. The molecule has 1 amide bonds. The molecule has 310 valence electrons. The first-order valence-corrected chi connectivity index (χ1v) is 20.5. The van der Waals surface area contributed by atoms with Gasteiger partial charge in [0.05, 0.1) is 69.8 Å². The van der Waals surface area contributed by atoms with Crippen LogP contribution in [-0.4, -0.2) is 118 Å². The van der Waals surface area contributed by atoms with Gasteiger partial charge in [-0.15, -0.1) is 0 Å². The van der Waals surface area contributed by atoms with E-state index >= 15 is 0 Å². The van der Waals surface area contributed by atoms with Crippen LogP contribution in [0.4, 0.5) is 5.69 Å². The first-order chi connectivity index (χ1) is 27.2. The van der Waals surface area contributed by atoms with E-state index in [1.807, 2.05) is 36.4 Å². The zero-order valence-electron chi connectivity index (χ0n) is 33.8. The van der Waals surface area contributed by atoms with Crippen molar-refractivity contribution in [2.45, 2.75) is 85.0 Å². The molecule has 0 spiro atoms. The zero-order valence-corrected chi connectivity index (χ0v) is 34.6. The number of ether oxygens (including phenoxy) is 4. The van der Waals surface area contributed by atoms with Gasteiger partial charge < -0.3 is 29.6 Å². The van der Waals surface area contributed by atoms with Crippen LogP contribution in [0.2, 0.25) is 5.02 Å². The Morgan fingerprint density at radius 2 is 1.14 bits per heavy atom.